The molecule has 0 fully saturated rings. The molecule has 0 bridgehead atoms. The van der Waals surface area contributed by atoms with Crippen molar-refractivity contribution in [1.82, 2.24) is 4.90 Å². The molecule has 0 radical (unpaired) electrons. The molecule has 6 nitrogen and oxygen atoms in total. The van der Waals surface area contributed by atoms with Gasteiger partial charge in [0.15, 0.2) is 11.5 Å². The van der Waals surface area contributed by atoms with E-state index < -0.39 is 17.5 Å². The second kappa shape index (κ2) is 9.68. The van der Waals surface area contributed by atoms with Crippen LogP contribution in [0.15, 0.2) is 36.4 Å². The van der Waals surface area contributed by atoms with Crippen LogP contribution in [0.5, 0.6) is 11.5 Å². The van der Waals surface area contributed by atoms with Gasteiger partial charge >= 0.3 is 0 Å². The first-order chi connectivity index (χ1) is 13.3. The average molecular weight is 392 g/mol. The summed E-state index contributed by atoms with van der Waals surface area (Å²) in [4.78, 5) is 25.5. The third-order valence-electron chi connectivity index (χ3n) is 4.08. The van der Waals surface area contributed by atoms with Crippen molar-refractivity contribution in [2.24, 2.45) is 0 Å². The van der Waals surface area contributed by atoms with Crippen molar-refractivity contribution in [3.05, 3.63) is 53.6 Å². The van der Waals surface area contributed by atoms with Gasteiger partial charge in [0, 0.05) is 32.5 Å². The molecule has 2 aromatic carbocycles. The lowest BCUT2D eigenvalue weighted by Gasteiger charge is -2.21. The van der Waals surface area contributed by atoms with Crippen LogP contribution in [0, 0.1) is 11.6 Å². The van der Waals surface area contributed by atoms with E-state index in [4.69, 9.17) is 9.47 Å². The largest absolute Gasteiger partial charge is 0.493 e. The Morgan fingerprint density at radius 3 is 2.36 bits per heavy atom. The van der Waals surface area contributed by atoms with E-state index in [2.05, 4.69) is 5.32 Å². The van der Waals surface area contributed by atoms with Gasteiger partial charge in [-0.05, 0) is 29.8 Å². The van der Waals surface area contributed by atoms with Crippen LogP contribution in [-0.2, 0) is 16.1 Å². The number of carbonyl (C=O) groups is 2. The number of hydrogen-bond donors (Lipinski definition) is 1. The van der Waals surface area contributed by atoms with Crippen LogP contribution in [0.3, 0.4) is 0 Å². The van der Waals surface area contributed by atoms with Crippen LogP contribution in [0.4, 0.5) is 14.5 Å². The fraction of sp³-hybridized carbons (Fsp3) is 0.300. The Bertz CT molecular complexity index is 858. The van der Waals surface area contributed by atoms with Crippen LogP contribution in [-0.4, -0.2) is 37.5 Å². The molecule has 0 spiro atoms. The van der Waals surface area contributed by atoms with Crippen LogP contribution >= 0.6 is 0 Å². The molecule has 1 N–H and O–H groups in total. The molecule has 28 heavy (non-hydrogen) atoms. The van der Waals surface area contributed by atoms with E-state index in [1.165, 1.54) is 26.0 Å². The minimum atomic E-state index is -0.859. The SMILES string of the molecule is COc1ccc(CN(CCC(=O)Nc2ccc(F)cc2F)C(C)=O)cc1OC. The number of hydrogen-bond acceptors (Lipinski definition) is 4. The maximum atomic E-state index is 13.6. The van der Waals surface area contributed by atoms with Crippen molar-refractivity contribution >= 4 is 17.5 Å². The summed E-state index contributed by atoms with van der Waals surface area (Å²) < 4.78 is 37.0. The zero-order chi connectivity index (χ0) is 20.7. The number of anilines is 1. The third-order valence-corrected chi connectivity index (χ3v) is 4.08. The maximum absolute atomic E-state index is 13.6. The average Bonchev–Trinajstić information content (AvgIpc) is 2.66. The molecule has 0 heterocycles. The van der Waals surface area contributed by atoms with Crippen molar-refractivity contribution in [2.75, 3.05) is 26.1 Å². The molecule has 0 saturated heterocycles. The summed E-state index contributed by atoms with van der Waals surface area (Å²) in [5, 5.41) is 2.37. The molecule has 0 atom stereocenters. The molecule has 0 aliphatic carbocycles. The normalized spacial score (nSPS) is 10.3. The van der Waals surface area contributed by atoms with E-state index in [0.717, 1.165) is 17.7 Å². The second-order valence-corrected chi connectivity index (χ2v) is 6.05. The van der Waals surface area contributed by atoms with Gasteiger partial charge in [-0.15, -0.1) is 0 Å². The molecule has 0 unspecified atom stereocenters. The van der Waals surface area contributed by atoms with Crippen LogP contribution in [0.2, 0.25) is 0 Å². The van der Waals surface area contributed by atoms with E-state index in [9.17, 15) is 18.4 Å². The number of rotatable bonds is 8. The van der Waals surface area contributed by atoms with Crippen LogP contribution in [0.1, 0.15) is 18.9 Å². The van der Waals surface area contributed by atoms with Gasteiger partial charge in [-0.1, -0.05) is 6.07 Å². The van der Waals surface area contributed by atoms with E-state index >= 15 is 0 Å². The van der Waals surface area contributed by atoms with Gasteiger partial charge in [0.1, 0.15) is 11.6 Å². The Morgan fingerprint density at radius 2 is 1.75 bits per heavy atom. The summed E-state index contributed by atoms with van der Waals surface area (Å²) in [5.74, 6) is -1.18. The summed E-state index contributed by atoms with van der Waals surface area (Å²) >= 11 is 0. The van der Waals surface area contributed by atoms with Crippen molar-refractivity contribution in [1.29, 1.82) is 0 Å². The molecule has 8 heteroatoms. The first-order valence-electron chi connectivity index (χ1n) is 8.55. The van der Waals surface area contributed by atoms with Gasteiger partial charge < -0.3 is 19.7 Å². The first-order valence-corrected chi connectivity index (χ1v) is 8.55. The summed E-state index contributed by atoms with van der Waals surface area (Å²) in [6.45, 7) is 1.81. The number of nitrogens with zero attached hydrogens (tertiary/aromatic N) is 1. The molecule has 0 aliphatic heterocycles. The Balaban J connectivity index is 1.99. The molecule has 2 aromatic rings. The minimum absolute atomic E-state index is 0.0380. The molecule has 0 saturated carbocycles. The van der Waals surface area contributed by atoms with E-state index in [1.54, 1.807) is 18.2 Å². The Hall–Kier alpha value is -3.16. The maximum Gasteiger partial charge on any atom is 0.226 e. The van der Waals surface area contributed by atoms with E-state index in [0.29, 0.717) is 17.6 Å². The summed E-state index contributed by atoms with van der Waals surface area (Å²) in [7, 11) is 3.05. The summed E-state index contributed by atoms with van der Waals surface area (Å²) in [5.41, 5.74) is 0.693. The van der Waals surface area contributed by atoms with E-state index in [1.807, 2.05) is 0 Å². The molecule has 2 rings (SSSR count). The number of methoxy groups -OCH3 is 2. The van der Waals surface area contributed by atoms with Crippen molar-refractivity contribution in [3.63, 3.8) is 0 Å². The third kappa shape index (κ3) is 5.67. The topological polar surface area (TPSA) is 67.9 Å². The molecule has 0 aromatic heterocycles. The second-order valence-electron chi connectivity index (χ2n) is 6.05. The van der Waals surface area contributed by atoms with Crippen LogP contribution < -0.4 is 14.8 Å². The monoisotopic (exact) mass is 392 g/mol. The Morgan fingerprint density at radius 1 is 1.04 bits per heavy atom. The number of benzene rings is 2. The highest BCUT2D eigenvalue weighted by Crippen LogP contribution is 2.28. The molecular weight excluding hydrogens is 370 g/mol. The molecular formula is C20H22F2N2O4. The van der Waals surface area contributed by atoms with Crippen molar-refractivity contribution < 1.29 is 27.8 Å². The predicted molar refractivity (Wildman–Crippen MR) is 100 cm³/mol. The molecule has 0 aliphatic rings. The highest BCUT2D eigenvalue weighted by atomic mass is 19.1. The van der Waals surface area contributed by atoms with Gasteiger partial charge in [-0.2, -0.15) is 0 Å². The lowest BCUT2D eigenvalue weighted by molar-refractivity contribution is -0.129. The summed E-state index contributed by atoms with van der Waals surface area (Å²) in [6.07, 6.45) is -0.0380. The van der Waals surface area contributed by atoms with E-state index in [-0.39, 0.29) is 31.1 Å². The number of nitrogens with one attached hydrogen (secondary N) is 1. The Kier molecular flexibility index (Phi) is 7.31. The van der Waals surface area contributed by atoms with Crippen molar-refractivity contribution in [2.45, 2.75) is 19.9 Å². The lowest BCUT2D eigenvalue weighted by Crippen LogP contribution is -2.31. The minimum Gasteiger partial charge on any atom is -0.493 e. The number of carbonyl (C=O) groups excluding carboxylic acids is 2. The lowest BCUT2D eigenvalue weighted by atomic mass is 10.1. The Labute approximate surface area is 162 Å². The molecule has 2 amide bonds. The van der Waals surface area contributed by atoms with Gasteiger partial charge in [-0.3, -0.25) is 9.59 Å². The highest BCUT2D eigenvalue weighted by molar-refractivity contribution is 5.91. The number of halogens is 2. The zero-order valence-corrected chi connectivity index (χ0v) is 15.9. The fourth-order valence-corrected chi connectivity index (χ4v) is 2.59. The highest BCUT2D eigenvalue weighted by Gasteiger charge is 2.15. The summed E-state index contributed by atoms with van der Waals surface area (Å²) in [6, 6.07) is 8.17. The van der Waals surface area contributed by atoms with Gasteiger partial charge in [0.05, 0.1) is 19.9 Å². The standard InChI is InChI=1S/C20H22F2N2O4/c1-13(25)24(12-14-4-7-18(27-2)19(10-14)28-3)9-8-20(26)23-17-6-5-15(21)11-16(17)22/h4-7,10-11H,8-9,12H2,1-3H3,(H,23,26). The molecule has 150 valence electrons. The zero-order valence-electron chi connectivity index (χ0n) is 15.9. The van der Waals surface area contributed by atoms with Gasteiger partial charge in [0.2, 0.25) is 11.8 Å². The van der Waals surface area contributed by atoms with Crippen molar-refractivity contribution in [3.8, 4) is 11.5 Å². The van der Waals surface area contributed by atoms with Gasteiger partial charge in [0.25, 0.3) is 0 Å². The number of ether oxygens (including phenoxy) is 2. The van der Waals surface area contributed by atoms with Crippen LogP contribution in [0.25, 0.3) is 0 Å². The first kappa shape index (κ1) is 21.1. The predicted octanol–water partition coefficient (Wildman–Crippen LogP) is 3.36. The smallest absolute Gasteiger partial charge is 0.226 e. The number of amides is 2. The quantitative estimate of drug-likeness (QED) is 0.748. The van der Waals surface area contributed by atoms with Gasteiger partial charge in [-0.25, -0.2) is 8.78 Å². The fourth-order valence-electron chi connectivity index (χ4n) is 2.59.